The zero-order chi connectivity index (χ0) is 11.4. The van der Waals surface area contributed by atoms with Gasteiger partial charge in [0.2, 0.25) is 0 Å². The average Bonchev–Trinajstić information content (AvgIpc) is 2.25. The van der Waals surface area contributed by atoms with Crippen molar-refractivity contribution < 1.29 is 24.8 Å². The van der Waals surface area contributed by atoms with Crippen LogP contribution in [0.3, 0.4) is 0 Å². The van der Waals surface area contributed by atoms with Gasteiger partial charge in [0, 0.05) is 12.0 Å². The molecule has 1 rings (SSSR count). The van der Waals surface area contributed by atoms with E-state index in [9.17, 15) is 15.3 Å². The van der Waals surface area contributed by atoms with Crippen molar-refractivity contribution in [1.82, 2.24) is 0 Å². The Balaban J connectivity index is 2.69. The van der Waals surface area contributed by atoms with Gasteiger partial charge in [0.15, 0.2) is 6.29 Å². The molecular formula is C7H13N3O5. The summed E-state index contributed by atoms with van der Waals surface area (Å²) in [5.41, 5.74) is 8.10. The molecule has 86 valence electrons. The van der Waals surface area contributed by atoms with Gasteiger partial charge >= 0.3 is 0 Å². The van der Waals surface area contributed by atoms with Crippen LogP contribution in [-0.2, 0) is 9.47 Å². The largest absolute Gasteiger partial charge is 0.388 e. The van der Waals surface area contributed by atoms with Gasteiger partial charge in [0.25, 0.3) is 0 Å². The Hall–Kier alpha value is -0.890. The molecule has 0 aromatic rings. The standard InChI is InChI=1S/C7H13N3O5/c1-14-7-6(13)5(12)4(11)3(15-7)2-9-10-8/h3-7,11-13H,2H2,1H3/t3?,4?,5-,6-,7+/m0/s1. The van der Waals surface area contributed by atoms with Crippen LogP contribution in [0.25, 0.3) is 10.4 Å². The lowest BCUT2D eigenvalue weighted by molar-refractivity contribution is -0.287. The van der Waals surface area contributed by atoms with Crippen LogP contribution in [0.15, 0.2) is 5.11 Å². The summed E-state index contributed by atoms with van der Waals surface area (Å²) in [6.07, 6.45) is -5.95. The Bertz CT molecular complexity index is 255. The molecule has 1 fully saturated rings. The fraction of sp³-hybridized carbons (Fsp3) is 1.00. The maximum Gasteiger partial charge on any atom is 0.186 e. The van der Waals surface area contributed by atoms with Gasteiger partial charge in [-0.2, -0.15) is 0 Å². The van der Waals surface area contributed by atoms with Crippen molar-refractivity contribution in [3.8, 4) is 0 Å². The van der Waals surface area contributed by atoms with E-state index in [-0.39, 0.29) is 6.54 Å². The quantitative estimate of drug-likeness (QED) is 0.310. The molecule has 15 heavy (non-hydrogen) atoms. The van der Waals surface area contributed by atoms with Gasteiger partial charge in [-0.15, -0.1) is 0 Å². The molecule has 1 saturated heterocycles. The SMILES string of the molecule is CO[C@@H]1OC(CN=[N+]=[N-])C(O)[C@H](O)[C@@H]1O. The van der Waals surface area contributed by atoms with Crippen LogP contribution in [0.5, 0.6) is 0 Å². The smallest absolute Gasteiger partial charge is 0.186 e. The van der Waals surface area contributed by atoms with E-state index >= 15 is 0 Å². The van der Waals surface area contributed by atoms with Crippen molar-refractivity contribution in [2.45, 2.75) is 30.7 Å². The third kappa shape index (κ3) is 2.57. The van der Waals surface area contributed by atoms with Crippen molar-refractivity contribution in [3.05, 3.63) is 10.4 Å². The second-order valence-corrected chi connectivity index (χ2v) is 3.16. The number of azide groups is 1. The molecule has 3 N–H and O–H groups in total. The highest BCUT2D eigenvalue weighted by Crippen LogP contribution is 2.21. The third-order valence-corrected chi connectivity index (χ3v) is 2.23. The molecule has 1 aliphatic rings. The first kappa shape index (κ1) is 12.2. The van der Waals surface area contributed by atoms with Gasteiger partial charge in [-0.05, 0) is 5.53 Å². The van der Waals surface area contributed by atoms with Gasteiger partial charge in [0.1, 0.15) is 18.3 Å². The summed E-state index contributed by atoms with van der Waals surface area (Å²) < 4.78 is 9.84. The van der Waals surface area contributed by atoms with E-state index in [0.717, 1.165) is 0 Å². The third-order valence-electron chi connectivity index (χ3n) is 2.23. The van der Waals surface area contributed by atoms with Crippen molar-refractivity contribution >= 4 is 0 Å². The Morgan fingerprint density at radius 3 is 2.53 bits per heavy atom. The summed E-state index contributed by atoms with van der Waals surface area (Å²) in [6, 6.07) is 0. The molecule has 2 unspecified atom stereocenters. The highest BCUT2D eigenvalue weighted by atomic mass is 16.7. The van der Waals surface area contributed by atoms with Gasteiger partial charge in [-0.3, -0.25) is 0 Å². The summed E-state index contributed by atoms with van der Waals surface area (Å²) in [5, 5.41) is 31.5. The molecule has 1 heterocycles. The molecule has 0 spiro atoms. The lowest BCUT2D eigenvalue weighted by Gasteiger charge is -2.39. The van der Waals surface area contributed by atoms with Crippen LogP contribution < -0.4 is 0 Å². The molecule has 0 aliphatic carbocycles. The number of nitrogens with zero attached hydrogens (tertiary/aromatic N) is 3. The minimum absolute atomic E-state index is 0.138. The Labute approximate surface area is 85.7 Å². The monoisotopic (exact) mass is 219 g/mol. The van der Waals surface area contributed by atoms with Crippen molar-refractivity contribution in [2.24, 2.45) is 5.11 Å². The van der Waals surface area contributed by atoms with E-state index in [0.29, 0.717) is 0 Å². The average molecular weight is 219 g/mol. The molecule has 1 aliphatic heterocycles. The molecule has 0 amide bonds. The molecule has 0 radical (unpaired) electrons. The summed E-state index contributed by atoms with van der Waals surface area (Å²) >= 11 is 0. The fourth-order valence-corrected chi connectivity index (χ4v) is 1.38. The Kier molecular flexibility index (Phi) is 4.28. The first-order chi connectivity index (χ1) is 7.11. The number of methoxy groups -OCH3 is 1. The van der Waals surface area contributed by atoms with Crippen LogP contribution in [0.4, 0.5) is 0 Å². The number of hydrogen-bond acceptors (Lipinski definition) is 6. The maximum atomic E-state index is 9.47. The lowest BCUT2D eigenvalue weighted by Crippen LogP contribution is -2.58. The van der Waals surface area contributed by atoms with Crippen molar-refractivity contribution in [2.75, 3.05) is 13.7 Å². The number of aliphatic hydroxyl groups is 3. The van der Waals surface area contributed by atoms with Gasteiger partial charge in [-0.1, -0.05) is 5.11 Å². The highest BCUT2D eigenvalue weighted by Gasteiger charge is 2.43. The molecular weight excluding hydrogens is 206 g/mol. The molecule has 8 nitrogen and oxygen atoms in total. The molecule has 0 aromatic carbocycles. The Morgan fingerprint density at radius 1 is 1.33 bits per heavy atom. The summed E-state index contributed by atoms with van der Waals surface area (Å²) in [7, 11) is 1.29. The van der Waals surface area contributed by atoms with Gasteiger partial charge in [0.05, 0.1) is 12.6 Å². The lowest BCUT2D eigenvalue weighted by atomic mass is 9.99. The molecule has 0 aromatic heterocycles. The summed E-state index contributed by atoms with van der Waals surface area (Å²) in [6.45, 7) is -0.138. The van der Waals surface area contributed by atoms with Crippen LogP contribution in [0, 0.1) is 0 Å². The molecule has 0 saturated carbocycles. The van der Waals surface area contributed by atoms with Crippen LogP contribution >= 0.6 is 0 Å². The van der Waals surface area contributed by atoms with Crippen LogP contribution in [0.2, 0.25) is 0 Å². The van der Waals surface area contributed by atoms with E-state index < -0.39 is 30.7 Å². The van der Waals surface area contributed by atoms with E-state index in [4.69, 9.17) is 15.0 Å². The normalized spacial score (nSPS) is 40.9. The minimum atomic E-state index is -1.39. The van der Waals surface area contributed by atoms with E-state index in [1.807, 2.05) is 0 Å². The number of aliphatic hydroxyl groups excluding tert-OH is 3. The van der Waals surface area contributed by atoms with E-state index in [2.05, 4.69) is 10.0 Å². The maximum absolute atomic E-state index is 9.47. The van der Waals surface area contributed by atoms with Crippen molar-refractivity contribution in [3.63, 3.8) is 0 Å². The number of rotatable bonds is 3. The molecule has 8 heteroatoms. The molecule has 0 bridgehead atoms. The predicted octanol–water partition coefficient (Wildman–Crippen LogP) is -1.25. The number of ether oxygens (including phenoxy) is 2. The van der Waals surface area contributed by atoms with Crippen LogP contribution in [-0.4, -0.2) is 59.7 Å². The van der Waals surface area contributed by atoms with Crippen molar-refractivity contribution in [1.29, 1.82) is 0 Å². The zero-order valence-corrected chi connectivity index (χ0v) is 8.09. The van der Waals surface area contributed by atoms with Gasteiger partial charge < -0.3 is 24.8 Å². The second kappa shape index (κ2) is 5.26. The fourth-order valence-electron chi connectivity index (χ4n) is 1.38. The van der Waals surface area contributed by atoms with Gasteiger partial charge in [-0.25, -0.2) is 0 Å². The summed E-state index contributed by atoms with van der Waals surface area (Å²) in [5.74, 6) is 0. The second-order valence-electron chi connectivity index (χ2n) is 3.16. The first-order valence-corrected chi connectivity index (χ1v) is 4.35. The number of hydrogen-bond donors (Lipinski definition) is 3. The van der Waals surface area contributed by atoms with Crippen LogP contribution in [0.1, 0.15) is 0 Å². The predicted molar refractivity (Wildman–Crippen MR) is 47.7 cm³/mol. The first-order valence-electron chi connectivity index (χ1n) is 4.35. The van der Waals surface area contributed by atoms with E-state index in [1.54, 1.807) is 0 Å². The molecule has 5 atom stereocenters. The topological polar surface area (TPSA) is 128 Å². The summed E-state index contributed by atoms with van der Waals surface area (Å²) in [4.78, 5) is 2.51. The Morgan fingerprint density at radius 2 is 2.00 bits per heavy atom. The van der Waals surface area contributed by atoms with E-state index in [1.165, 1.54) is 7.11 Å². The zero-order valence-electron chi connectivity index (χ0n) is 8.09. The minimum Gasteiger partial charge on any atom is -0.388 e. The highest BCUT2D eigenvalue weighted by molar-refractivity contribution is 4.89.